The van der Waals surface area contributed by atoms with Gasteiger partial charge in [-0.05, 0) is 19.1 Å². The van der Waals surface area contributed by atoms with Gasteiger partial charge in [0.1, 0.15) is 12.4 Å². The highest BCUT2D eigenvalue weighted by molar-refractivity contribution is 7.16. The predicted molar refractivity (Wildman–Crippen MR) is 70.1 cm³/mol. The van der Waals surface area contributed by atoms with E-state index in [9.17, 15) is 10.1 Å². The molecular weight excluding hydrogens is 276 g/mol. The van der Waals surface area contributed by atoms with E-state index in [4.69, 9.17) is 11.6 Å². The molecule has 0 aromatic carbocycles. The van der Waals surface area contributed by atoms with E-state index >= 15 is 0 Å². The molecule has 8 heteroatoms. The lowest BCUT2D eigenvalue weighted by Gasteiger charge is -2.11. The number of nitrogens with zero attached hydrogens (tertiary/aromatic N) is 3. The molecule has 94 valence electrons. The molecule has 1 N–H and O–H groups in total. The molecule has 1 atom stereocenters. The third kappa shape index (κ3) is 2.93. The number of hydrogen-bond donors (Lipinski definition) is 1. The largest absolute Gasteiger partial charge is 0.347 e. The van der Waals surface area contributed by atoms with Crippen LogP contribution in [0.2, 0.25) is 4.34 Å². The third-order valence-electron chi connectivity index (χ3n) is 2.22. The minimum Gasteiger partial charge on any atom is -0.347 e. The summed E-state index contributed by atoms with van der Waals surface area (Å²) in [6.07, 6.45) is 2.34. The Morgan fingerprint density at radius 2 is 2.11 bits per heavy atom. The lowest BCUT2D eigenvalue weighted by molar-refractivity contribution is -0.385. The number of halogens is 1. The molecule has 0 saturated heterocycles. The van der Waals surface area contributed by atoms with Gasteiger partial charge in [0, 0.05) is 4.88 Å². The average molecular weight is 285 g/mol. The van der Waals surface area contributed by atoms with Crippen molar-refractivity contribution in [3.05, 3.63) is 43.9 Å². The van der Waals surface area contributed by atoms with Crippen LogP contribution in [0.1, 0.15) is 17.8 Å². The molecule has 2 rings (SSSR count). The monoisotopic (exact) mass is 284 g/mol. The Morgan fingerprint density at radius 1 is 1.44 bits per heavy atom. The van der Waals surface area contributed by atoms with E-state index in [0.717, 1.165) is 4.88 Å². The second-order valence-corrected chi connectivity index (χ2v) is 5.28. The number of rotatable bonds is 4. The van der Waals surface area contributed by atoms with Crippen LogP contribution in [-0.2, 0) is 0 Å². The lowest BCUT2D eigenvalue weighted by Crippen LogP contribution is -2.08. The summed E-state index contributed by atoms with van der Waals surface area (Å²) >= 11 is 7.31. The van der Waals surface area contributed by atoms with Crippen molar-refractivity contribution < 1.29 is 4.92 Å². The summed E-state index contributed by atoms with van der Waals surface area (Å²) in [5.41, 5.74) is -0.132. The summed E-state index contributed by atoms with van der Waals surface area (Å²) in [5.74, 6) is 0.345. The first-order chi connectivity index (χ1) is 8.56. The molecule has 2 heterocycles. The van der Waals surface area contributed by atoms with Crippen molar-refractivity contribution in [1.29, 1.82) is 0 Å². The summed E-state index contributed by atoms with van der Waals surface area (Å²) < 4.78 is 0.711. The van der Waals surface area contributed by atoms with E-state index in [-0.39, 0.29) is 11.7 Å². The van der Waals surface area contributed by atoms with Crippen molar-refractivity contribution in [2.24, 2.45) is 0 Å². The molecule has 0 radical (unpaired) electrons. The van der Waals surface area contributed by atoms with E-state index in [2.05, 4.69) is 15.3 Å². The molecule has 0 bridgehead atoms. The van der Waals surface area contributed by atoms with Crippen LogP contribution in [0.15, 0.2) is 24.5 Å². The number of hydrogen-bond acceptors (Lipinski definition) is 6. The first-order valence-corrected chi connectivity index (χ1v) is 6.24. The molecule has 2 aromatic rings. The lowest BCUT2D eigenvalue weighted by atomic mass is 10.3. The zero-order valence-corrected chi connectivity index (χ0v) is 10.9. The molecule has 0 amide bonds. The molecule has 2 aromatic heterocycles. The van der Waals surface area contributed by atoms with Gasteiger partial charge in [-0.3, -0.25) is 10.1 Å². The van der Waals surface area contributed by atoms with Crippen LogP contribution in [-0.4, -0.2) is 14.9 Å². The standard InChI is InChI=1S/C10H9ClN4O2S/c1-6(8-2-3-9(11)18-8)14-10-12-4-7(5-13-10)15(16)17/h2-6H,1H3,(H,12,13,14). The fraction of sp³-hybridized carbons (Fsp3) is 0.200. The number of nitro groups is 1. The van der Waals surface area contributed by atoms with Crippen molar-refractivity contribution in [1.82, 2.24) is 9.97 Å². The highest BCUT2D eigenvalue weighted by Gasteiger charge is 2.11. The summed E-state index contributed by atoms with van der Waals surface area (Å²) in [6.45, 7) is 1.94. The number of aromatic nitrogens is 2. The molecule has 0 saturated carbocycles. The molecule has 6 nitrogen and oxygen atoms in total. The van der Waals surface area contributed by atoms with E-state index < -0.39 is 4.92 Å². The van der Waals surface area contributed by atoms with Crippen molar-refractivity contribution in [3.8, 4) is 0 Å². The van der Waals surface area contributed by atoms with Crippen LogP contribution in [0.4, 0.5) is 11.6 Å². The van der Waals surface area contributed by atoms with Crippen molar-refractivity contribution in [2.75, 3.05) is 5.32 Å². The maximum atomic E-state index is 10.5. The third-order valence-corrected chi connectivity index (χ3v) is 3.63. The number of thiophene rings is 1. The normalized spacial score (nSPS) is 12.1. The Morgan fingerprint density at radius 3 is 2.61 bits per heavy atom. The van der Waals surface area contributed by atoms with Gasteiger partial charge in [-0.2, -0.15) is 0 Å². The minimum atomic E-state index is -0.535. The van der Waals surface area contributed by atoms with Crippen LogP contribution < -0.4 is 5.32 Å². The van der Waals surface area contributed by atoms with Gasteiger partial charge in [0.15, 0.2) is 0 Å². The van der Waals surface area contributed by atoms with Crippen LogP contribution in [0, 0.1) is 10.1 Å². The number of anilines is 1. The van der Waals surface area contributed by atoms with E-state index in [1.807, 2.05) is 19.1 Å². The summed E-state index contributed by atoms with van der Waals surface area (Å²) in [7, 11) is 0. The Bertz CT molecular complexity index is 557. The minimum absolute atomic E-state index is 0.0102. The second-order valence-electron chi connectivity index (χ2n) is 3.53. The van der Waals surface area contributed by atoms with E-state index in [1.165, 1.54) is 23.7 Å². The van der Waals surface area contributed by atoms with Crippen molar-refractivity contribution in [2.45, 2.75) is 13.0 Å². The molecule has 0 aliphatic carbocycles. The second kappa shape index (κ2) is 5.28. The fourth-order valence-corrected chi connectivity index (χ4v) is 2.38. The van der Waals surface area contributed by atoms with Crippen LogP contribution in [0.25, 0.3) is 0 Å². The zero-order valence-electron chi connectivity index (χ0n) is 9.33. The van der Waals surface area contributed by atoms with Gasteiger partial charge >= 0.3 is 5.69 Å². The summed E-state index contributed by atoms with van der Waals surface area (Å²) in [6, 6.07) is 3.72. The number of nitrogens with one attached hydrogen (secondary N) is 1. The van der Waals surface area contributed by atoms with Gasteiger partial charge in [0.05, 0.1) is 15.3 Å². The van der Waals surface area contributed by atoms with Crippen molar-refractivity contribution >= 4 is 34.6 Å². The summed E-state index contributed by atoms with van der Waals surface area (Å²) in [4.78, 5) is 18.7. The first kappa shape index (κ1) is 12.7. The first-order valence-electron chi connectivity index (χ1n) is 5.04. The molecule has 0 aliphatic heterocycles. The Kier molecular flexibility index (Phi) is 3.73. The molecule has 1 unspecified atom stereocenters. The van der Waals surface area contributed by atoms with Gasteiger partial charge in [-0.15, -0.1) is 11.3 Å². The van der Waals surface area contributed by atoms with Crippen LogP contribution in [0.3, 0.4) is 0 Å². The van der Waals surface area contributed by atoms with Gasteiger partial charge in [0.2, 0.25) is 5.95 Å². The molecule has 0 spiro atoms. The molecule has 0 aliphatic rings. The van der Waals surface area contributed by atoms with E-state index in [1.54, 1.807) is 0 Å². The Labute approximate surface area is 112 Å². The predicted octanol–water partition coefficient (Wildman–Crippen LogP) is 3.27. The maximum Gasteiger partial charge on any atom is 0.305 e. The highest BCUT2D eigenvalue weighted by Crippen LogP contribution is 2.28. The van der Waals surface area contributed by atoms with Crippen molar-refractivity contribution in [3.63, 3.8) is 0 Å². The average Bonchev–Trinajstić information content (AvgIpc) is 2.76. The maximum absolute atomic E-state index is 10.5. The van der Waals surface area contributed by atoms with Crippen LogP contribution >= 0.6 is 22.9 Å². The van der Waals surface area contributed by atoms with E-state index in [0.29, 0.717) is 10.3 Å². The molecule has 18 heavy (non-hydrogen) atoms. The topological polar surface area (TPSA) is 81.0 Å². The van der Waals surface area contributed by atoms with Crippen LogP contribution in [0.5, 0.6) is 0 Å². The molecular formula is C10H9ClN4O2S. The fourth-order valence-electron chi connectivity index (χ4n) is 1.32. The Balaban J connectivity index is 2.07. The van der Waals surface area contributed by atoms with Gasteiger partial charge in [-0.1, -0.05) is 11.6 Å². The SMILES string of the molecule is CC(Nc1ncc([N+](=O)[O-])cn1)c1ccc(Cl)s1. The summed E-state index contributed by atoms with van der Waals surface area (Å²) in [5, 5.41) is 13.5. The zero-order chi connectivity index (χ0) is 13.1. The quantitative estimate of drug-likeness (QED) is 0.688. The Hall–Kier alpha value is -1.73. The van der Waals surface area contributed by atoms with Gasteiger partial charge in [0.25, 0.3) is 0 Å². The molecule has 0 fully saturated rings. The van der Waals surface area contributed by atoms with Gasteiger partial charge in [-0.25, -0.2) is 9.97 Å². The highest BCUT2D eigenvalue weighted by atomic mass is 35.5. The van der Waals surface area contributed by atoms with Gasteiger partial charge < -0.3 is 5.32 Å². The smallest absolute Gasteiger partial charge is 0.305 e.